The highest BCUT2D eigenvalue weighted by Crippen LogP contribution is 2.24. The molecule has 6 nitrogen and oxygen atoms in total. The second kappa shape index (κ2) is 8.39. The summed E-state index contributed by atoms with van der Waals surface area (Å²) in [6.45, 7) is 2.43. The number of rotatable bonds is 5. The standard InChI is InChI=1S/C17H22F3N3O3/c1-22-7-9-23(10-8-22)15(24)11-14(21-16(25)17(18,19)20)12-3-5-13(26-2)6-4-12/h3-6,14H,7-11H2,1-2H3,(H,21,25)/t14-/m1/s1. The SMILES string of the molecule is COc1ccc([C@@H](CC(=O)N2CCN(C)CC2)NC(=O)C(F)(F)F)cc1. The molecule has 9 heteroatoms. The van der Waals surface area contributed by atoms with Crippen LogP contribution >= 0.6 is 0 Å². The largest absolute Gasteiger partial charge is 0.497 e. The summed E-state index contributed by atoms with van der Waals surface area (Å²) in [5.74, 6) is -1.83. The third kappa shape index (κ3) is 5.35. The minimum atomic E-state index is -5.01. The zero-order chi connectivity index (χ0) is 19.3. The number of likely N-dealkylation sites (N-methyl/N-ethyl adjacent to an activating group) is 1. The first kappa shape index (κ1) is 20.0. The number of hydrogen-bond acceptors (Lipinski definition) is 4. The molecule has 2 rings (SSSR count). The van der Waals surface area contributed by atoms with Gasteiger partial charge in [0.1, 0.15) is 5.75 Å². The van der Waals surface area contributed by atoms with Gasteiger partial charge in [-0.15, -0.1) is 0 Å². The molecule has 1 saturated heterocycles. The van der Waals surface area contributed by atoms with Crippen LogP contribution in [0.3, 0.4) is 0 Å². The van der Waals surface area contributed by atoms with Crippen molar-refractivity contribution in [1.82, 2.24) is 15.1 Å². The molecule has 0 unspecified atom stereocenters. The summed E-state index contributed by atoms with van der Waals surface area (Å²) in [5.41, 5.74) is 0.408. The maximum Gasteiger partial charge on any atom is 0.471 e. The van der Waals surface area contributed by atoms with Crippen LogP contribution in [0.2, 0.25) is 0 Å². The van der Waals surface area contributed by atoms with Crippen molar-refractivity contribution < 1.29 is 27.5 Å². The van der Waals surface area contributed by atoms with Gasteiger partial charge in [0.15, 0.2) is 0 Å². The minimum absolute atomic E-state index is 0.238. The Hall–Kier alpha value is -2.29. The molecule has 0 bridgehead atoms. The molecular formula is C17H22F3N3O3. The van der Waals surface area contributed by atoms with Gasteiger partial charge in [-0.05, 0) is 24.7 Å². The van der Waals surface area contributed by atoms with E-state index >= 15 is 0 Å². The van der Waals surface area contributed by atoms with Crippen LogP contribution in [0, 0.1) is 0 Å². The summed E-state index contributed by atoms with van der Waals surface area (Å²) in [6.07, 6.45) is -5.25. The van der Waals surface area contributed by atoms with Crippen molar-refractivity contribution in [2.75, 3.05) is 40.3 Å². The third-order valence-corrected chi connectivity index (χ3v) is 4.32. The first-order valence-corrected chi connectivity index (χ1v) is 8.18. The molecule has 0 saturated carbocycles. The number of carbonyl (C=O) groups excluding carboxylic acids is 2. The number of hydrogen-bond donors (Lipinski definition) is 1. The van der Waals surface area contributed by atoms with Crippen molar-refractivity contribution in [2.45, 2.75) is 18.6 Å². The number of nitrogens with zero attached hydrogens (tertiary/aromatic N) is 2. The average Bonchev–Trinajstić information content (AvgIpc) is 2.60. The molecule has 1 aromatic rings. The molecule has 1 aromatic carbocycles. The Morgan fingerprint density at radius 3 is 2.23 bits per heavy atom. The van der Waals surface area contributed by atoms with Crippen LogP contribution < -0.4 is 10.1 Å². The van der Waals surface area contributed by atoms with Gasteiger partial charge in [-0.2, -0.15) is 13.2 Å². The maximum atomic E-state index is 12.6. The van der Waals surface area contributed by atoms with Crippen LogP contribution in [-0.2, 0) is 9.59 Å². The summed E-state index contributed by atoms with van der Waals surface area (Å²) < 4.78 is 43.0. The molecule has 1 heterocycles. The Labute approximate surface area is 149 Å². The Balaban J connectivity index is 2.13. The normalized spacial score (nSPS) is 16.9. The number of alkyl halides is 3. The van der Waals surface area contributed by atoms with Crippen molar-refractivity contribution in [1.29, 1.82) is 0 Å². The van der Waals surface area contributed by atoms with Gasteiger partial charge in [-0.1, -0.05) is 12.1 Å². The molecule has 0 aromatic heterocycles. The van der Waals surface area contributed by atoms with Crippen molar-refractivity contribution in [3.8, 4) is 5.75 Å². The molecule has 144 valence electrons. The molecule has 26 heavy (non-hydrogen) atoms. The van der Waals surface area contributed by atoms with Gasteiger partial charge in [0, 0.05) is 26.2 Å². The van der Waals surface area contributed by atoms with E-state index in [2.05, 4.69) is 4.90 Å². The number of benzene rings is 1. The van der Waals surface area contributed by atoms with Gasteiger partial charge in [0.25, 0.3) is 0 Å². The molecule has 1 N–H and O–H groups in total. The lowest BCUT2D eigenvalue weighted by Crippen LogP contribution is -2.48. The molecule has 0 radical (unpaired) electrons. The molecule has 1 aliphatic heterocycles. The number of carbonyl (C=O) groups is 2. The first-order valence-electron chi connectivity index (χ1n) is 8.18. The van der Waals surface area contributed by atoms with Crippen molar-refractivity contribution in [3.05, 3.63) is 29.8 Å². The summed E-state index contributed by atoms with van der Waals surface area (Å²) in [6, 6.07) is 5.15. The van der Waals surface area contributed by atoms with Crippen LogP contribution in [0.25, 0.3) is 0 Å². The van der Waals surface area contributed by atoms with Gasteiger partial charge < -0.3 is 19.9 Å². The summed E-state index contributed by atoms with van der Waals surface area (Å²) in [5, 5.41) is 1.93. The molecule has 0 spiro atoms. The lowest BCUT2D eigenvalue weighted by atomic mass is 10.0. The predicted molar refractivity (Wildman–Crippen MR) is 88.6 cm³/mol. The monoisotopic (exact) mass is 373 g/mol. The molecule has 1 aliphatic rings. The Kier molecular flexibility index (Phi) is 6.47. The maximum absolute atomic E-state index is 12.6. The Bertz CT molecular complexity index is 626. The van der Waals surface area contributed by atoms with Crippen LogP contribution in [-0.4, -0.2) is 68.1 Å². The van der Waals surface area contributed by atoms with E-state index in [0.717, 1.165) is 0 Å². The Morgan fingerprint density at radius 2 is 1.73 bits per heavy atom. The fraction of sp³-hybridized carbons (Fsp3) is 0.529. The molecule has 0 aliphatic carbocycles. The van der Waals surface area contributed by atoms with E-state index in [1.54, 1.807) is 17.0 Å². The molecule has 1 atom stereocenters. The summed E-state index contributed by atoms with van der Waals surface area (Å²) >= 11 is 0. The highest BCUT2D eigenvalue weighted by Gasteiger charge is 2.40. The van der Waals surface area contributed by atoms with E-state index in [1.165, 1.54) is 19.2 Å². The number of methoxy groups -OCH3 is 1. The molecule has 1 fully saturated rings. The van der Waals surface area contributed by atoms with Gasteiger partial charge >= 0.3 is 12.1 Å². The summed E-state index contributed by atoms with van der Waals surface area (Å²) in [4.78, 5) is 27.5. The number of nitrogens with one attached hydrogen (secondary N) is 1. The predicted octanol–water partition coefficient (Wildman–Crippen LogP) is 1.58. The smallest absolute Gasteiger partial charge is 0.471 e. The fourth-order valence-electron chi connectivity index (χ4n) is 2.69. The van der Waals surface area contributed by atoms with Crippen molar-refractivity contribution >= 4 is 11.8 Å². The second-order valence-electron chi connectivity index (χ2n) is 6.19. The number of ether oxygens (including phenoxy) is 1. The van der Waals surface area contributed by atoms with E-state index in [1.807, 2.05) is 12.4 Å². The average molecular weight is 373 g/mol. The number of piperazine rings is 1. The van der Waals surface area contributed by atoms with E-state index in [-0.39, 0.29) is 12.3 Å². The zero-order valence-corrected chi connectivity index (χ0v) is 14.7. The number of halogens is 3. The molecule has 2 amide bonds. The zero-order valence-electron chi connectivity index (χ0n) is 14.7. The van der Waals surface area contributed by atoms with Gasteiger partial charge in [0.05, 0.1) is 19.6 Å². The van der Waals surface area contributed by atoms with Crippen LogP contribution in [0.15, 0.2) is 24.3 Å². The van der Waals surface area contributed by atoms with Crippen molar-refractivity contribution in [2.24, 2.45) is 0 Å². The van der Waals surface area contributed by atoms with Gasteiger partial charge in [0.2, 0.25) is 5.91 Å². The Morgan fingerprint density at radius 1 is 1.15 bits per heavy atom. The summed E-state index contributed by atoms with van der Waals surface area (Å²) in [7, 11) is 3.40. The first-order chi connectivity index (χ1) is 12.2. The quantitative estimate of drug-likeness (QED) is 0.851. The highest BCUT2D eigenvalue weighted by molar-refractivity contribution is 5.83. The highest BCUT2D eigenvalue weighted by atomic mass is 19.4. The number of amides is 2. The van der Waals surface area contributed by atoms with Crippen molar-refractivity contribution in [3.63, 3.8) is 0 Å². The van der Waals surface area contributed by atoms with E-state index in [9.17, 15) is 22.8 Å². The van der Waals surface area contributed by atoms with E-state index < -0.39 is 18.1 Å². The van der Waals surface area contributed by atoms with E-state index in [0.29, 0.717) is 37.5 Å². The van der Waals surface area contributed by atoms with Crippen LogP contribution in [0.1, 0.15) is 18.0 Å². The molecular weight excluding hydrogens is 351 g/mol. The van der Waals surface area contributed by atoms with Gasteiger partial charge in [-0.25, -0.2) is 0 Å². The lowest BCUT2D eigenvalue weighted by Gasteiger charge is -2.33. The van der Waals surface area contributed by atoms with Gasteiger partial charge in [-0.3, -0.25) is 9.59 Å². The minimum Gasteiger partial charge on any atom is -0.497 e. The van der Waals surface area contributed by atoms with Crippen LogP contribution in [0.5, 0.6) is 5.75 Å². The second-order valence-corrected chi connectivity index (χ2v) is 6.19. The lowest BCUT2D eigenvalue weighted by molar-refractivity contribution is -0.174. The third-order valence-electron chi connectivity index (χ3n) is 4.32. The topological polar surface area (TPSA) is 61.9 Å². The van der Waals surface area contributed by atoms with Crippen LogP contribution in [0.4, 0.5) is 13.2 Å². The fourth-order valence-corrected chi connectivity index (χ4v) is 2.69. The van der Waals surface area contributed by atoms with E-state index in [4.69, 9.17) is 4.74 Å².